The van der Waals surface area contributed by atoms with Crippen molar-refractivity contribution in [1.82, 2.24) is 14.9 Å². The number of hydrogen-bond donors (Lipinski definition) is 0. The van der Waals surface area contributed by atoms with Crippen LogP contribution in [0.4, 0.5) is 5.82 Å². The van der Waals surface area contributed by atoms with Crippen molar-refractivity contribution >= 4 is 21.7 Å². The van der Waals surface area contributed by atoms with E-state index in [-0.39, 0.29) is 0 Å². The predicted octanol–water partition coefficient (Wildman–Crippen LogP) is 1.69. The zero-order valence-electron chi connectivity index (χ0n) is 9.94. The topological polar surface area (TPSA) is 32.3 Å². The average Bonchev–Trinajstić information content (AvgIpc) is 2.15. The van der Waals surface area contributed by atoms with Crippen molar-refractivity contribution in [1.29, 1.82) is 0 Å². The molecule has 1 saturated heterocycles. The van der Waals surface area contributed by atoms with Gasteiger partial charge in [0.15, 0.2) is 0 Å². The number of hydrogen-bond acceptors (Lipinski definition) is 4. The molecular formula is C11H17BrN4. The number of anilines is 1. The van der Waals surface area contributed by atoms with E-state index in [1.54, 1.807) is 0 Å². The summed E-state index contributed by atoms with van der Waals surface area (Å²) in [6, 6.07) is 2.49. The summed E-state index contributed by atoms with van der Waals surface area (Å²) in [4.78, 5) is 13.4. The molecule has 16 heavy (non-hydrogen) atoms. The van der Waals surface area contributed by atoms with Gasteiger partial charge in [0.1, 0.15) is 16.2 Å². The second-order valence-electron chi connectivity index (χ2n) is 4.40. The van der Waals surface area contributed by atoms with E-state index in [0.29, 0.717) is 6.04 Å². The quantitative estimate of drug-likeness (QED) is 0.735. The molecule has 1 atom stereocenters. The van der Waals surface area contributed by atoms with E-state index in [1.165, 1.54) is 0 Å². The van der Waals surface area contributed by atoms with Crippen LogP contribution in [-0.2, 0) is 0 Å². The fourth-order valence-electron chi connectivity index (χ4n) is 2.14. The summed E-state index contributed by atoms with van der Waals surface area (Å²) in [6.45, 7) is 7.36. The highest BCUT2D eigenvalue weighted by Gasteiger charge is 2.22. The Bertz CT molecular complexity index is 362. The molecule has 0 N–H and O–H groups in total. The first-order valence-corrected chi connectivity index (χ1v) is 6.32. The van der Waals surface area contributed by atoms with Crippen LogP contribution in [0.1, 0.15) is 12.7 Å². The molecule has 1 aliphatic rings. The van der Waals surface area contributed by atoms with Gasteiger partial charge in [-0.2, -0.15) is 0 Å². The number of rotatable bonds is 1. The third kappa shape index (κ3) is 2.52. The van der Waals surface area contributed by atoms with Crippen LogP contribution in [0.25, 0.3) is 0 Å². The van der Waals surface area contributed by atoms with Crippen molar-refractivity contribution in [2.45, 2.75) is 19.9 Å². The van der Waals surface area contributed by atoms with Crippen LogP contribution in [0.3, 0.4) is 0 Å². The maximum Gasteiger partial charge on any atom is 0.133 e. The maximum atomic E-state index is 4.50. The minimum Gasteiger partial charge on any atom is -0.351 e. The van der Waals surface area contributed by atoms with E-state index in [0.717, 1.165) is 35.9 Å². The molecule has 1 aliphatic heterocycles. The highest BCUT2D eigenvalue weighted by Crippen LogP contribution is 2.20. The van der Waals surface area contributed by atoms with Gasteiger partial charge in [-0.15, -0.1) is 0 Å². The highest BCUT2D eigenvalue weighted by molar-refractivity contribution is 9.10. The summed E-state index contributed by atoms with van der Waals surface area (Å²) in [5, 5.41) is 0. The second kappa shape index (κ2) is 4.67. The zero-order chi connectivity index (χ0) is 11.7. The van der Waals surface area contributed by atoms with Gasteiger partial charge < -0.3 is 9.80 Å². The van der Waals surface area contributed by atoms with Gasteiger partial charge in [0.25, 0.3) is 0 Å². The minimum absolute atomic E-state index is 0.500. The highest BCUT2D eigenvalue weighted by atomic mass is 79.9. The number of likely N-dealkylation sites (N-methyl/N-ethyl adjacent to an activating group) is 1. The average molecular weight is 285 g/mol. The summed E-state index contributed by atoms with van der Waals surface area (Å²) in [5.74, 6) is 1.84. The Morgan fingerprint density at radius 2 is 2.12 bits per heavy atom. The van der Waals surface area contributed by atoms with Crippen molar-refractivity contribution in [3.8, 4) is 0 Å². The monoisotopic (exact) mass is 284 g/mol. The number of aromatic nitrogens is 2. The molecule has 0 radical (unpaired) electrons. The Hall–Kier alpha value is -0.680. The molecule has 1 aromatic rings. The lowest BCUT2D eigenvalue weighted by Crippen LogP contribution is -2.50. The summed E-state index contributed by atoms with van der Waals surface area (Å²) in [6.07, 6.45) is 0. The molecule has 88 valence electrons. The lowest BCUT2D eigenvalue weighted by Gasteiger charge is -2.39. The van der Waals surface area contributed by atoms with Crippen LogP contribution in [0.5, 0.6) is 0 Å². The third-order valence-corrected chi connectivity index (χ3v) is 3.32. The van der Waals surface area contributed by atoms with Gasteiger partial charge in [-0.05, 0) is 36.8 Å². The molecule has 1 aromatic heterocycles. The van der Waals surface area contributed by atoms with Gasteiger partial charge in [-0.3, -0.25) is 0 Å². The van der Waals surface area contributed by atoms with Crippen molar-refractivity contribution in [2.75, 3.05) is 31.6 Å². The van der Waals surface area contributed by atoms with E-state index < -0.39 is 0 Å². The molecule has 2 heterocycles. The Labute approximate surface area is 105 Å². The minimum atomic E-state index is 0.500. The van der Waals surface area contributed by atoms with Crippen molar-refractivity contribution in [3.05, 3.63) is 16.5 Å². The maximum absolute atomic E-state index is 4.50. The van der Waals surface area contributed by atoms with Crippen LogP contribution in [0, 0.1) is 6.92 Å². The molecule has 0 saturated carbocycles. The molecule has 1 unspecified atom stereocenters. The molecule has 0 aliphatic carbocycles. The van der Waals surface area contributed by atoms with Crippen LogP contribution < -0.4 is 4.90 Å². The molecule has 4 nitrogen and oxygen atoms in total. The van der Waals surface area contributed by atoms with E-state index in [4.69, 9.17) is 0 Å². The normalized spacial score (nSPS) is 22.5. The number of aryl methyl sites for hydroxylation is 1. The van der Waals surface area contributed by atoms with Gasteiger partial charge in [-0.25, -0.2) is 9.97 Å². The predicted molar refractivity (Wildman–Crippen MR) is 68.8 cm³/mol. The number of halogens is 1. The smallest absolute Gasteiger partial charge is 0.133 e. The van der Waals surface area contributed by atoms with Gasteiger partial charge in [-0.1, -0.05) is 0 Å². The molecule has 2 rings (SSSR count). The summed E-state index contributed by atoms with van der Waals surface area (Å²) in [5.41, 5.74) is 0. The first-order chi connectivity index (χ1) is 7.56. The molecule has 5 heteroatoms. The Kier molecular flexibility index (Phi) is 3.44. The van der Waals surface area contributed by atoms with E-state index >= 15 is 0 Å². The van der Waals surface area contributed by atoms with E-state index in [1.807, 2.05) is 13.0 Å². The molecule has 0 bridgehead atoms. The van der Waals surface area contributed by atoms with Crippen molar-refractivity contribution in [3.63, 3.8) is 0 Å². The Morgan fingerprint density at radius 1 is 1.38 bits per heavy atom. The van der Waals surface area contributed by atoms with Crippen molar-refractivity contribution in [2.24, 2.45) is 0 Å². The van der Waals surface area contributed by atoms with Crippen LogP contribution in [-0.4, -0.2) is 47.6 Å². The van der Waals surface area contributed by atoms with Crippen LogP contribution >= 0.6 is 15.9 Å². The Morgan fingerprint density at radius 3 is 2.75 bits per heavy atom. The van der Waals surface area contributed by atoms with Gasteiger partial charge >= 0.3 is 0 Å². The van der Waals surface area contributed by atoms with Gasteiger partial charge in [0, 0.05) is 31.7 Å². The number of nitrogens with zero attached hydrogens (tertiary/aromatic N) is 4. The third-order valence-electron chi connectivity index (χ3n) is 2.92. The standard InChI is InChI=1S/C11H17BrN4/c1-8-7-15(3)4-5-16(8)11-6-10(12)13-9(2)14-11/h6,8H,4-5,7H2,1-3H3. The summed E-state index contributed by atoms with van der Waals surface area (Å²) >= 11 is 3.42. The Balaban J connectivity index is 2.23. The summed E-state index contributed by atoms with van der Waals surface area (Å²) in [7, 11) is 2.16. The number of piperazine rings is 1. The van der Waals surface area contributed by atoms with Crippen LogP contribution in [0.15, 0.2) is 10.7 Å². The van der Waals surface area contributed by atoms with E-state index in [9.17, 15) is 0 Å². The van der Waals surface area contributed by atoms with E-state index in [2.05, 4.69) is 49.7 Å². The largest absolute Gasteiger partial charge is 0.351 e. The lowest BCUT2D eigenvalue weighted by atomic mass is 10.2. The molecule has 0 amide bonds. The molecule has 0 spiro atoms. The molecule has 1 fully saturated rings. The first kappa shape index (κ1) is 11.8. The lowest BCUT2D eigenvalue weighted by molar-refractivity contribution is 0.274. The molecular weight excluding hydrogens is 268 g/mol. The van der Waals surface area contributed by atoms with Gasteiger partial charge in [0.05, 0.1) is 0 Å². The fourth-order valence-corrected chi connectivity index (χ4v) is 2.61. The van der Waals surface area contributed by atoms with Crippen LogP contribution in [0.2, 0.25) is 0 Å². The van der Waals surface area contributed by atoms with Crippen molar-refractivity contribution < 1.29 is 0 Å². The second-order valence-corrected chi connectivity index (χ2v) is 5.21. The summed E-state index contributed by atoms with van der Waals surface area (Å²) < 4.78 is 0.862. The van der Waals surface area contributed by atoms with Gasteiger partial charge in [0.2, 0.25) is 0 Å². The fraction of sp³-hybridized carbons (Fsp3) is 0.636. The first-order valence-electron chi connectivity index (χ1n) is 5.52. The molecule has 0 aromatic carbocycles. The SMILES string of the molecule is Cc1nc(Br)cc(N2CCN(C)CC2C)n1. The zero-order valence-corrected chi connectivity index (χ0v) is 11.5.